The lowest BCUT2D eigenvalue weighted by molar-refractivity contribution is 0.0129. The Morgan fingerprint density at radius 3 is 1.81 bits per heavy atom. The maximum Gasteiger partial charge on any atom is 0.414 e. The van der Waals surface area contributed by atoms with E-state index in [2.05, 4.69) is 15.6 Å². The predicted molar refractivity (Wildman–Crippen MR) is 159 cm³/mol. The van der Waals surface area contributed by atoms with Gasteiger partial charge in [0.2, 0.25) is 5.96 Å². The average Bonchev–Trinajstić information content (AvgIpc) is 2.81. The van der Waals surface area contributed by atoms with E-state index >= 15 is 0 Å². The van der Waals surface area contributed by atoms with E-state index in [-0.39, 0.29) is 18.5 Å². The molecule has 0 fully saturated rings. The highest BCUT2D eigenvalue weighted by molar-refractivity contribution is 6.01. The largest absolute Gasteiger partial charge is 0.493 e. The SMILES string of the molecule is COc1cc2c(cc1OC)[C@H](CCCN=C(NC(=O)OC(C)(C)C)NC(=O)OC(C)(C)C)N(C(=O)OC(C)(C)C)CC2. The maximum absolute atomic E-state index is 13.2. The molecule has 1 aliphatic heterocycles. The number of fused-ring (bicyclic) bond motifs is 1. The molecule has 0 radical (unpaired) electrons. The van der Waals surface area contributed by atoms with Crippen LogP contribution in [0, 0.1) is 0 Å². The molecule has 1 atom stereocenters. The number of amides is 3. The molecule has 1 heterocycles. The van der Waals surface area contributed by atoms with Crippen LogP contribution in [0.15, 0.2) is 17.1 Å². The summed E-state index contributed by atoms with van der Waals surface area (Å²) in [4.78, 5) is 44.2. The number of carbonyl (C=O) groups is 3. The standard InChI is InChI=1S/C30H48N4O8/c1-28(2,3)40-25(35)32-24(33-26(36)41-29(4,5)6)31-15-12-13-21-20-18-23(39-11)22(38-10)17-19(20)14-16-34(21)27(37)42-30(7,8)9/h17-18,21H,12-16H2,1-11H3,(H2,31,32,33,35,36)/t21-/m0/s1. The molecule has 2 N–H and O–H groups in total. The molecule has 0 aliphatic carbocycles. The second kappa shape index (κ2) is 14.0. The molecule has 12 heteroatoms. The first kappa shape index (κ1) is 34.5. The van der Waals surface area contributed by atoms with Gasteiger partial charge in [-0.1, -0.05) is 0 Å². The molecule has 0 bridgehead atoms. The normalized spacial score (nSPS) is 15.1. The summed E-state index contributed by atoms with van der Waals surface area (Å²) in [6, 6.07) is 3.53. The van der Waals surface area contributed by atoms with Crippen molar-refractivity contribution in [2.45, 2.75) is 104 Å². The second-order valence-corrected chi connectivity index (χ2v) is 13.0. The maximum atomic E-state index is 13.2. The van der Waals surface area contributed by atoms with Crippen LogP contribution in [-0.2, 0) is 20.6 Å². The smallest absolute Gasteiger partial charge is 0.414 e. The fraction of sp³-hybridized carbons (Fsp3) is 0.667. The lowest BCUT2D eigenvalue weighted by Crippen LogP contribution is -2.47. The summed E-state index contributed by atoms with van der Waals surface area (Å²) >= 11 is 0. The van der Waals surface area contributed by atoms with E-state index in [1.807, 2.05) is 32.9 Å². The zero-order chi connectivity index (χ0) is 31.9. The molecule has 12 nitrogen and oxygen atoms in total. The van der Waals surface area contributed by atoms with Crippen molar-refractivity contribution >= 4 is 24.2 Å². The van der Waals surface area contributed by atoms with Crippen LogP contribution < -0.4 is 20.1 Å². The van der Waals surface area contributed by atoms with Crippen molar-refractivity contribution in [2.75, 3.05) is 27.3 Å². The van der Waals surface area contributed by atoms with E-state index in [1.54, 1.807) is 60.7 Å². The molecule has 236 valence electrons. The minimum Gasteiger partial charge on any atom is -0.493 e. The van der Waals surface area contributed by atoms with Gasteiger partial charge in [0, 0.05) is 13.1 Å². The van der Waals surface area contributed by atoms with Gasteiger partial charge in [-0.3, -0.25) is 15.6 Å². The van der Waals surface area contributed by atoms with Gasteiger partial charge in [0.25, 0.3) is 0 Å². The molecule has 0 saturated carbocycles. The molecular weight excluding hydrogens is 544 g/mol. The van der Waals surface area contributed by atoms with Gasteiger partial charge >= 0.3 is 18.3 Å². The average molecular weight is 593 g/mol. The number of carbonyl (C=O) groups excluding carboxylic acids is 3. The lowest BCUT2D eigenvalue weighted by atomic mass is 9.89. The summed E-state index contributed by atoms with van der Waals surface area (Å²) < 4.78 is 27.4. The van der Waals surface area contributed by atoms with Gasteiger partial charge < -0.3 is 28.6 Å². The second-order valence-electron chi connectivity index (χ2n) is 13.0. The number of benzene rings is 1. The third-order valence-electron chi connectivity index (χ3n) is 5.77. The van der Waals surface area contributed by atoms with Crippen LogP contribution in [0.2, 0.25) is 0 Å². The zero-order valence-electron chi connectivity index (χ0n) is 26.9. The summed E-state index contributed by atoms with van der Waals surface area (Å²) in [5.74, 6) is 1.09. The molecule has 1 aromatic carbocycles. The first-order valence-electron chi connectivity index (χ1n) is 14.1. The minimum atomic E-state index is -0.768. The Hall–Kier alpha value is -3.70. The number of guanidine groups is 1. The molecule has 3 amide bonds. The first-order chi connectivity index (χ1) is 19.3. The highest BCUT2D eigenvalue weighted by Gasteiger charge is 2.34. The summed E-state index contributed by atoms with van der Waals surface area (Å²) in [5.41, 5.74) is -0.152. The van der Waals surface area contributed by atoms with Crippen molar-refractivity contribution in [3.05, 3.63) is 23.3 Å². The highest BCUT2D eigenvalue weighted by atomic mass is 16.6. The van der Waals surface area contributed by atoms with Crippen LogP contribution in [0.3, 0.4) is 0 Å². The summed E-state index contributed by atoms with van der Waals surface area (Å²) in [5, 5.41) is 4.97. The zero-order valence-corrected chi connectivity index (χ0v) is 26.9. The van der Waals surface area contributed by atoms with Gasteiger partial charge in [-0.15, -0.1) is 0 Å². The van der Waals surface area contributed by atoms with E-state index in [1.165, 1.54) is 0 Å². The third-order valence-corrected chi connectivity index (χ3v) is 5.77. The molecule has 42 heavy (non-hydrogen) atoms. The number of hydrogen-bond donors (Lipinski definition) is 2. The van der Waals surface area contributed by atoms with E-state index in [4.69, 9.17) is 23.7 Å². The van der Waals surface area contributed by atoms with Gasteiger partial charge in [0.05, 0.1) is 20.3 Å². The summed E-state index contributed by atoms with van der Waals surface area (Å²) in [6.45, 7) is 16.6. The lowest BCUT2D eigenvalue weighted by Gasteiger charge is -2.38. The molecular formula is C30H48N4O8. The number of alkyl carbamates (subject to hydrolysis) is 2. The topological polar surface area (TPSA) is 137 Å². The van der Waals surface area contributed by atoms with Crippen molar-refractivity contribution in [2.24, 2.45) is 4.99 Å². The number of aliphatic imine (C=N–C) groups is 1. The fourth-order valence-electron chi connectivity index (χ4n) is 4.26. The Morgan fingerprint density at radius 2 is 1.33 bits per heavy atom. The summed E-state index contributed by atoms with van der Waals surface area (Å²) in [6.07, 6.45) is -0.278. The van der Waals surface area contributed by atoms with Crippen molar-refractivity contribution in [1.82, 2.24) is 15.5 Å². The molecule has 1 aliphatic rings. The van der Waals surface area contributed by atoms with Crippen LogP contribution in [-0.4, -0.2) is 73.3 Å². The van der Waals surface area contributed by atoms with E-state index < -0.39 is 35.1 Å². The van der Waals surface area contributed by atoms with Gasteiger partial charge in [-0.05, 0) is 105 Å². The predicted octanol–water partition coefficient (Wildman–Crippen LogP) is 5.72. The Kier molecular flexibility index (Phi) is 11.5. The monoisotopic (exact) mass is 592 g/mol. The van der Waals surface area contributed by atoms with E-state index in [0.29, 0.717) is 37.3 Å². The number of nitrogens with one attached hydrogen (secondary N) is 2. The highest BCUT2D eigenvalue weighted by Crippen LogP contribution is 2.40. The van der Waals surface area contributed by atoms with Crippen molar-refractivity contribution in [1.29, 1.82) is 0 Å². The van der Waals surface area contributed by atoms with Crippen molar-refractivity contribution < 1.29 is 38.1 Å². The number of ether oxygens (including phenoxy) is 5. The molecule has 0 saturated heterocycles. The number of methoxy groups -OCH3 is 2. The first-order valence-corrected chi connectivity index (χ1v) is 14.1. The van der Waals surface area contributed by atoms with Crippen molar-refractivity contribution in [3.8, 4) is 11.5 Å². The molecule has 1 aromatic rings. The summed E-state index contributed by atoms with van der Waals surface area (Å²) in [7, 11) is 3.16. The molecule has 2 rings (SSSR count). The fourth-order valence-corrected chi connectivity index (χ4v) is 4.26. The molecule has 0 aromatic heterocycles. The minimum absolute atomic E-state index is 0.0991. The molecule has 0 spiro atoms. The number of hydrogen-bond acceptors (Lipinski definition) is 9. The van der Waals surface area contributed by atoms with Gasteiger partial charge in [-0.25, -0.2) is 14.4 Å². The van der Waals surface area contributed by atoms with Crippen LogP contribution in [0.4, 0.5) is 14.4 Å². The Morgan fingerprint density at radius 1 is 0.833 bits per heavy atom. The van der Waals surface area contributed by atoms with Crippen LogP contribution >= 0.6 is 0 Å². The Labute approximate surface area is 249 Å². The van der Waals surface area contributed by atoms with E-state index in [9.17, 15) is 14.4 Å². The van der Waals surface area contributed by atoms with Gasteiger partial charge in [-0.2, -0.15) is 0 Å². The van der Waals surface area contributed by atoms with Crippen LogP contribution in [0.5, 0.6) is 11.5 Å². The Bertz CT molecular complexity index is 1110. The van der Waals surface area contributed by atoms with Crippen LogP contribution in [0.25, 0.3) is 0 Å². The van der Waals surface area contributed by atoms with Crippen molar-refractivity contribution in [3.63, 3.8) is 0 Å². The van der Waals surface area contributed by atoms with Gasteiger partial charge in [0.15, 0.2) is 11.5 Å². The third kappa shape index (κ3) is 11.3. The number of rotatable bonds is 6. The quantitative estimate of drug-likeness (QED) is 0.185. The number of nitrogens with zero attached hydrogens (tertiary/aromatic N) is 2. The molecule has 0 unspecified atom stereocenters. The van der Waals surface area contributed by atoms with E-state index in [0.717, 1.165) is 11.1 Å². The van der Waals surface area contributed by atoms with Crippen LogP contribution in [0.1, 0.15) is 92.3 Å². The van der Waals surface area contributed by atoms with Gasteiger partial charge in [0.1, 0.15) is 16.8 Å². The Balaban J connectivity index is 2.29.